The maximum atomic E-state index is 14.6. The number of aryl methyl sites for hydroxylation is 1. The summed E-state index contributed by atoms with van der Waals surface area (Å²) < 4.78 is 21.2. The fraction of sp³-hybridized carbons (Fsp3) is 0.448. The molecular formula is C29H32FN3O6. The number of hydrogen-bond donors (Lipinski definition) is 3. The Balaban J connectivity index is 0.000000296. The van der Waals surface area contributed by atoms with Crippen molar-refractivity contribution in [3.8, 4) is 11.4 Å². The number of carbonyl (C=O) groups is 2. The van der Waals surface area contributed by atoms with Crippen molar-refractivity contribution in [2.75, 3.05) is 6.54 Å². The molecule has 3 atom stereocenters. The van der Waals surface area contributed by atoms with Gasteiger partial charge in [-0.15, -0.1) is 0 Å². The molecular weight excluding hydrogens is 505 g/mol. The summed E-state index contributed by atoms with van der Waals surface area (Å²) >= 11 is 0. The van der Waals surface area contributed by atoms with Crippen molar-refractivity contribution >= 4 is 22.8 Å². The Bertz CT molecular complexity index is 1580. The van der Waals surface area contributed by atoms with E-state index in [2.05, 4.69) is 12.2 Å². The number of aliphatic hydroxyl groups is 2. The van der Waals surface area contributed by atoms with Crippen molar-refractivity contribution in [1.82, 2.24) is 14.9 Å². The molecule has 10 heteroatoms. The summed E-state index contributed by atoms with van der Waals surface area (Å²) in [7, 11) is 0. The SMILES string of the molecule is CC.Cc1c(F)cc2nc3c(c4c2c1CCC4C)Cn1c-3cc2c(c1=O)COC(=O)C2O.O=C1CC(O)CN1. The summed E-state index contributed by atoms with van der Waals surface area (Å²) in [6.45, 7) is 8.62. The third kappa shape index (κ3) is 4.31. The molecule has 4 aliphatic rings. The number of carbonyl (C=O) groups excluding carboxylic acids is 2. The number of cyclic esters (lactones) is 1. The maximum Gasteiger partial charge on any atom is 0.340 e. The van der Waals surface area contributed by atoms with Gasteiger partial charge in [-0.05, 0) is 48.4 Å². The van der Waals surface area contributed by atoms with Crippen molar-refractivity contribution in [2.24, 2.45) is 0 Å². The van der Waals surface area contributed by atoms with Gasteiger partial charge >= 0.3 is 5.97 Å². The average Bonchev–Trinajstić information content (AvgIpc) is 3.49. The van der Waals surface area contributed by atoms with Crippen LogP contribution in [0.5, 0.6) is 0 Å². The van der Waals surface area contributed by atoms with Gasteiger partial charge in [-0.1, -0.05) is 20.8 Å². The van der Waals surface area contributed by atoms with E-state index in [4.69, 9.17) is 14.8 Å². The summed E-state index contributed by atoms with van der Waals surface area (Å²) in [4.78, 5) is 39.9. The van der Waals surface area contributed by atoms with Crippen molar-refractivity contribution in [3.63, 3.8) is 0 Å². The molecule has 7 rings (SSSR count). The molecule has 0 spiro atoms. The number of pyridine rings is 2. The van der Waals surface area contributed by atoms with Crippen LogP contribution in [0.25, 0.3) is 22.3 Å². The first-order valence-corrected chi connectivity index (χ1v) is 13.4. The number of β-amino-alcohol motifs (C(OH)–C–C–N with tert-alkyl or cyclic N) is 1. The molecule has 206 valence electrons. The topological polar surface area (TPSA) is 131 Å². The first kappa shape index (κ1) is 27.0. The normalized spacial score (nSPS) is 22.0. The van der Waals surface area contributed by atoms with Gasteiger partial charge in [0.05, 0.1) is 41.5 Å². The number of aliphatic hydroxyl groups excluding tert-OH is 2. The number of nitrogens with one attached hydrogen (secondary N) is 1. The van der Waals surface area contributed by atoms with E-state index in [0.717, 1.165) is 34.9 Å². The molecule has 5 heterocycles. The molecule has 3 aliphatic heterocycles. The van der Waals surface area contributed by atoms with E-state index in [1.165, 1.54) is 6.07 Å². The van der Waals surface area contributed by atoms with Gasteiger partial charge in [0.2, 0.25) is 5.91 Å². The van der Waals surface area contributed by atoms with Gasteiger partial charge < -0.3 is 24.8 Å². The minimum Gasteiger partial charge on any atom is -0.458 e. The fourth-order valence-corrected chi connectivity index (χ4v) is 5.92. The molecule has 1 saturated heterocycles. The van der Waals surface area contributed by atoms with Crippen molar-refractivity contribution in [2.45, 2.75) is 78.2 Å². The zero-order chi connectivity index (χ0) is 28.2. The monoisotopic (exact) mass is 537 g/mol. The number of aromatic nitrogens is 2. The Morgan fingerprint density at radius 2 is 1.87 bits per heavy atom. The number of esters is 1. The molecule has 3 unspecified atom stereocenters. The summed E-state index contributed by atoms with van der Waals surface area (Å²) in [5.74, 6) is -0.823. The Hall–Kier alpha value is -3.63. The molecule has 3 aromatic rings. The Morgan fingerprint density at radius 1 is 1.13 bits per heavy atom. The fourth-order valence-electron chi connectivity index (χ4n) is 5.92. The highest BCUT2D eigenvalue weighted by atomic mass is 19.1. The molecule has 1 aliphatic carbocycles. The van der Waals surface area contributed by atoms with Crippen LogP contribution in [0.3, 0.4) is 0 Å². The summed E-state index contributed by atoms with van der Waals surface area (Å²) in [5, 5.41) is 22.4. The number of ether oxygens (including phenoxy) is 1. The Labute approximate surface area is 224 Å². The second-order valence-electron chi connectivity index (χ2n) is 10.2. The van der Waals surface area contributed by atoms with E-state index in [9.17, 15) is 23.9 Å². The van der Waals surface area contributed by atoms with Crippen molar-refractivity contribution < 1.29 is 28.9 Å². The van der Waals surface area contributed by atoms with Crippen molar-refractivity contribution in [3.05, 3.63) is 61.7 Å². The molecule has 1 aromatic carbocycles. The molecule has 9 nitrogen and oxygen atoms in total. The highest BCUT2D eigenvalue weighted by Gasteiger charge is 2.36. The highest BCUT2D eigenvalue weighted by molar-refractivity contribution is 5.93. The number of nitrogens with zero attached hydrogens (tertiary/aromatic N) is 2. The summed E-state index contributed by atoms with van der Waals surface area (Å²) in [6, 6.07) is 3.14. The number of halogens is 1. The van der Waals surface area contributed by atoms with Gasteiger partial charge in [-0.3, -0.25) is 9.59 Å². The second-order valence-corrected chi connectivity index (χ2v) is 10.2. The number of fused-ring (bicyclic) bond motifs is 5. The van der Waals surface area contributed by atoms with Crippen LogP contribution in [-0.2, 0) is 33.9 Å². The second kappa shape index (κ2) is 10.2. The van der Waals surface area contributed by atoms with E-state index in [0.29, 0.717) is 41.1 Å². The minimum atomic E-state index is -1.49. The van der Waals surface area contributed by atoms with Crippen LogP contribution >= 0.6 is 0 Å². The molecule has 0 radical (unpaired) electrons. The third-order valence-corrected chi connectivity index (χ3v) is 7.89. The van der Waals surface area contributed by atoms with Gasteiger partial charge in [-0.25, -0.2) is 14.2 Å². The lowest BCUT2D eigenvalue weighted by atomic mass is 9.79. The zero-order valence-corrected chi connectivity index (χ0v) is 22.4. The van der Waals surface area contributed by atoms with Crippen LogP contribution in [0.15, 0.2) is 16.9 Å². The first-order valence-electron chi connectivity index (χ1n) is 13.4. The van der Waals surface area contributed by atoms with E-state index < -0.39 is 18.2 Å². The molecule has 3 N–H and O–H groups in total. The highest BCUT2D eigenvalue weighted by Crippen LogP contribution is 2.45. The van der Waals surface area contributed by atoms with Crippen LogP contribution < -0.4 is 10.9 Å². The van der Waals surface area contributed by atoms with Crippen LogP contribution in [0.2, 0.25) is 0 Å². The lowest BCUT2D eigenvalue weighted by molar-refractivity contribution is -0.157. The standard InChI is InChI=1S/C23H19FN2O4.C4H7NO2.C2H6/c1-9-3-4-11-10(2)15(24)6-16-19(11)18(9)13-7-26-17(20(13)25-16)5-12-14(22(26)28)8-30-23(29)21(12)27;6-3-1-4(7)5-2-3;1-2/h5-6,9,21,27H,3-4,7-8H2,1-2H3;3,6H,1-2H2,(H,5,7);1-2H3. The Kier molecular flexibility index (Phi) is 7.02. The van der Waals surface area contributed by atoms with Gasteiger partial charge in [0.25, 0.3) is 5.56 Å². The number of hydrogen-bond acceptors (Lipinski definition) is 7. The summed E-state index contributed by atoms with van der Waals surface area (Å²) in [6.07, 6.45) is 0.0704. The largest absolute Gasteiger partial charge is 0.458 e. The van der Waals surface area contributed by atoms with Crippen molar-refractivity contribution in [1.29, 1.82) is 0 Å². The molecule has 1 amide bonds. The lowest BCUT2D eigenvalue weighted by Gasteiger charge is -2.26. The van der Waals surface area contributed by atoms with E-state index in [1.807, 2.05) is 20.8 Å². The van der Waals surface area contributed by atoms with E-state index in [1.54, 1.807) is 10.6 Å². The van der Waals surface area contributed by atoms with Crippen LogP contribution in [0.4, 0.5) is 4.39 Å². The van der Waals surface area contributed by atoms with Gasteiger partial charge in [0.1, 0.15) is 12.4 Å². The van der Waals surface area contributed by atoms with E-state index >= 15 is 0 Å². The average molecular weight is 538 g/mol. The molecule has 0 saturated carbocycles. The number of benzene rings is 1. The smallest absolute Gasteiger partial charge is 0.340 e. The molecule has 39 heavy (non-hydrogen) atoms. The van der Waals surface area contributed by atoms with Crippen LogP contribution in [0.1, 0.15) is 79.0 Å². The lowest BCUT2D eigenvalue weighted by Crippen LogP contribution is -2.32. The van der Waals surface area contributed by atoms with Gasteiger partial charge in [-0.2, -0.15) is 0 Å². The molecule has 2 aromatic heterocycles. The quantitative estimate of drug-likeness (QED) is 0.294. The third-order valence-electron chi connectivity index (χ3n) is 7.89. The maximum absolute atomic E-state index is 14.6. The molecule has 1 fully saturated rings. The summed E-state index contributed by atoms with van der Waals surface area (Å²) in [5.41, 5.74) is 5.84. The number of amides is 1. The predicted molar refractivity (Wildman–Crippen MR) is 142 cm³/mol. The number of rotatable bonds is 0. The minimum absolute atomic E-state index is 0.0486. The first-order chi connectivity index (χ1) is 18.7. The zero-order valence-electron chi connectivity index (χ0n) is 22.4. The van der Waals surface area contributed by atoms with Gasteiger partial charge in [0.15, 0.2) is 6.10 Å². The van der Waals surface area contributed by atoms with E-state index in [-0.39, 0.29) is 41.8 Å². The van der Waals surface area contributed by atoms with Crippen LogP contribution in [-0.4, -0.2) is 44.3 Å². The van der Waals surface area contributed by atoms with Crippen LogP contribution in [0, 0.1) is 12.7 Å². The predicted octanol–water partition coefficient (Wildman–Crippen LogP) is 2.91. The Morgan fingerprint density at radius 3 is 2.51 bits per heavy atom. The van der Waals surface area contributed by atoms with Gasteiger partial charge in [0, 0.05) is 29.1 Å². The molecule has 0 bridgehead atoms.